The third-order valence-corrected chi connectivity index (χ3v) is 3.14. The number of benzene rings is 1. The number of rotatable bonds is 2. The zero-order valence-electron chi connectivity index (χ0n) is 10.7. The largest absolute Gasteiger partial charge is 0.508 e. The summed E-state index contributed by atoms with van der Waals surface area (Å²) in [5.74, 6) is 0.221. The first-order valence-electron chi connectivity index (χ1n) is 6.18. The summed E-state index contributed by atoms with van der Waals surface area (Å²) in [5.41, 5.74) is 0.914. The number of nitriles is 1. The third-order valence-electron chi connectivity index (χ3n) is 3.14. The van der Waals surface area contributed by atoms with Crippen molar-refractivity contribution < 1.29 is 9.84 Å². The maximum atomic E-state index is 9.38. The first-order valence-corrected chi connectivity index (χ1v) is 6.18. The number of ether oxygens (including phenoxy) is 1. The summed E-state index contributed by atoms with van der Waals surface area (Å²) in [6.45, 7) is 5.55. The zero-order chi connectivity index (χ0) is 13.1. The van der Waals surface area contributed by atoms with Crippen molar-refractivity contribution in [1.29, 1.82) is 5.26 Å². The highest BCUT2D eigenvalue weighted by Gasteiger charge is 2.28. The van der Waals surface area contributed by atoms with Crippen molar-refractivity contribution in [1.82, 2.24) is 4.90 Å². The van der Waals surface area contributed by atoms with Gasteiger partial charge in [0, 0.05) is 13.1 Å². The van der Waals surface area contributed by atoms with Crippen LogP contribution in [0.2, 0.25) is 0 Å². The molecule has 1 aliphatic heterocycles. The second-order valence-electron chi connectivity index (χ2n) is 4.83. The molecule has 3 atom stereocenters. The maximum Gasteiger partial charge on any atom is 0.124 e. The first kappa shape index (κ1) is 12.9. The van der Waals surface area contributed by atoms with Crippen molar-refractivity contribution in [2.24, 2.45) is 0 Å². The van der Waals surface area contributed by atoms with Gasteiger partial charge in [-0.3, -0.25) is 4.90 Å². The molecular weight excluding hydrogens is 228 g/mol. The summed E-state index contributed by atoms with van der Waals surface area (Å²) in [6.07, 6.45) is 0.281. The van der Waals surface area contributed by atoms with Crippen LogP contribution >= 0.6 is 0 Å². The van der Waals surface area contributed by atoms with E-state index in [1.54, 1.807) is 24.3 Å². The molecule has 0 spiro atoms. The van der Waals surface area contributed by atoms with Crippen LogP contribution in [0, 0.1) is 11.3 Å². The average Bonchev–Trinajstić information content (AvgIpc) is 2.31. The lowest BCUT2D eigenvalue weighted by molar-refractivity contribution is -0.0750. The first-order chi connectivity index (χ1) is 8.60. The molecule has 1 heterocycles. The summed E-state index contributed by atoms with van der Waals surface area (Å²) in [7, 11) is 0. The summed E-state index contributed by atoms with van der Waals surface area (Å²) >= 11 is 0. The molecule has 0 amide bonds. The Morgan fingerprint density at radius 1 is 1.28 bits per heavy atom. The highest BCUT2D eigenvalue weighted by Crippen LogP contribution is 2.25. The molecular formula is C14H18N2O2. The minimum Gasteiger partial charge on any atom is -0.508 e. The van der Waals surface area contributed by atoms with Crippen molar-refractivity contribution in [2.45, 2.75) is 32.1 Å². The molecule has 3 unspecified atom stereocenters. The SMILES string of the molecule is CC1CN(C(C#N)c2ccc(O)cc2)CC(C)O1. The molecule has 96 valence electrons. The van der Waals surface area contributed by atoms with Gasteiger partial charge in [-0.1, -0.05) is 12.1 Å². The molecule has 0 aromatic heterocycles. The Hall–Kier alpha value is -1.57. The number of morpholine rings is 1. The Morgan fingerprint density at radius 2 is 1.83 bits per heavy atom. The van der Waals surface area contributed by atoms with Gasteiger partial charge >= 0.3 is 0 Å². The molecule has 1 aliphatic rings. The molecule has 4 nitrogen and oxygen atoms in total. The molecule has 1 aromatic carbocycles. The van der Waals surface area contributed by atoms with Gasteiger partial charge < -0.3 is 9.84 Å². The van der Waals surface area contributed by atoms with Crippen LogP contribution in [0.25, 0.3) is 0 Å². The van der Waals surface area contributed by atoms with E-state index >= 15 is 0 Å². The van der Waals surface area contributed by atoms with Crippen LogP contribution in [0.15, 0.2) is 24.3 Å². The van der Waals surface area contributed by atoms with Crippen LogP contribution < -0.4 is 0 Å². The molecule has 0 saturated carbocycles. The molecule has 4 heteroatoms. The second kappa shape index (κ2) is 5.38. The zero-order valence-corrected chi connectivity index (χ0v) is 10.7. The van der Waals surface area contributed by atoms with Crippen LogP contribution in [0.1, 0.15) is 25.5 Å². The van der Waals surface area contributed by atoms with Crippen molar-refractivity contribution >= 4 is 0 Å². The molecule has 1 fully saturated rings. The number of phenols is 1. The Morgan fingerprint density at radius 3 is 2.33 bits per heavy atom. The van der Waals surface area contributed by atoms with E-state index in [0.717, 1.165) is 18.7 Å². The van der Waals surface area contributed by atoms with Crippen LogP contribution in [0.4, 0.5) is 0 Å². The van der Waals surface area contributed by atoms with Crippen molar-refractivity contribution in [3.8, 4) is 11.8 Å². The molecule has 1 saturated heterocycles. The summed E-state index contributed by atoms with van der Waals surface area (Å²) in [4.78, 5) is 2.13. The van der Waals surface area contributed by atoms with Gasteiger partial charge in [0.2, 0.25) is 0 Å². The third kappa shape index (κ3) is 2.81. The summed E-state index contributed by atoms with van der Waals surface area (Å²) in [6, 6.07) is 8.89. The predicted octanol–water partition coefficient (Wildman–Crippen LogP) is 2.07. The Balaban J connectivity index is 2.18. The lowest BCUT2D eigenvalue weighted by Gasteiger charge is -2.37. The van der Waals surface area contributed by atoms with Gasteiger partial charge in [-0.25, -0.2) is 0 Å². The van der Waals surface area contributed by atoms with E-state index in [1.807, 2.05) is 13.8 Å². The van der Waals surface area contributed by atoms with Gasteiger partial charge in [0.1, 0.15) is 11.8 Å². The lowest BCUT2D eigenvalue weighted by Crippen LogP contribution is -2.46. The normalized spacial score (nSPS) is 26.5. The highest BCUT2D eigenvalue weighted by atomic mass is 16.5. The summed E-state index contributed by atoms with van der Waals surface area (Å²) in [5, 5.41) is 18.7. The molecule has 1 N–H and O–H groups in total. The smallest absolute Gasteiger partial charge is 0.124 e. The van der Waals surface area contributed by atoms with Crippen LogP contribution in [-0.4, -0.2) is 35.3 Å². The fraction of sp³-hybridized carbons (Fsp3) is 0.500. The number of hydrogen-bond acceptors (Lipinski definition) is 4. The molecule has 0 bridgehead atoms. The molecule has 1 aromatic rings. The quantitative estimate of drug-likeness (QED) is 0.868. The van der Waals surface area contributed by atoms with Crippen molar-refractivity contribution in [3.05, 3.63) is 29.8 Å². The van der Waals surface area contributed by atoms with E-state index in [4.69, 9.17) is 4.74 Å². The Kier molecular flexibility index (Phi) is 3.85. The fourth-order valence-electron chi connectivity index (χ4n) is 2.45. The van der Waals surface area contributed by atoms with Crippen LogP contribution in [0.5, 0.6) is 5.75 Å². The number of phenolic OH excluding ortho intramolecular Hbond substituents is 1. The average molecular weight is 246 g/mol. The summed E-state index contributed by atoms with van der Waals surface area (Å²) < 4.78 is 5.67. The van der Waals surface area contributed by atoms with Gasteiger partial charge in [0.15, 0.2) is 0 Å². The van der Waals surface area contributed by atoms with Gasteiger partial charge in [0.25, 0.3) is 0 Å². The predicted molar refractivity (Wildman–Crippen MR) is 68.0 cm³/mol. The van der Waals surface area contributed by atoms with Gasteiger partial charge in [-0.2, -0.15) is 5.26 Å². The molecule has 0 radical (unpaired) electrons. The molecule has 2 rings (SSSR count). The second-order valence-corrected chi connectivity index (χ2v) is 4.83. The monoisotopic (exact) mass is 246 g/mol. The number of hydrogen-bond donors (Lipinski definition) is 1. The van der Waals surface area contributed by atoms with E-state index in [0.29, 0.717) is 0 Å². The standard InChI is InChI=1S/C14H18N2O2/c1-10-8-16(9-11(2)18-10)14(7-15)12-3-5-13(17)6-4-12/h3-6,10-11,14,17H,8-9H2,1-2H3. The van der Waals surface area contributed by atoms with Gasteiger partial charge in [-0.15, -0.1) is 0 Å². The van der Waals surface area contributed by atoms with E-state index in [1.165, 1.54) is 0 Å². The Labute approximate surface area is 107 Å². The van der Waals surface area contributed by atoms with Crippen LogP contribution in [-0.2, 0) is 4.74 Å². The topological polar surface area (TPSA) is 56.5 Å². The van der Waals surface area contributed by atoms with Gasteiger partial charge in [0.05, 0.1) is 18.3 Å². The number of nitrogens with zero attached hydrogens (tertiary/aromatic N) is 2. The maximum absolute atomic E-state index is 9.38. The minimum absolute atomic E-state index is 0.140. The number of aromatic hydroxyl groups is 1. The molecule has 18 heavy (non-hydrogen) atoms. The highest BCUT2D eigenvalue weighted by molar-refractivity contribution is 5.30. The van der Waals surface area contributed by atoms with E-state index in [-0.39, 0.29) is 24.0 Å². The lowest BCUT2D eigenvalue weighted by atomic mass is 10.0. The van der Waals surface area contributed by atoms with E-state index in [2.05, 4.69) is 11.0 Å². The van der Waals surface area contributed by atoms with E-state index < -0.39 is 0 Å². The van der Waals surface area contributed by atoms with Crippen molar-refractivity contribution in [3.63, 3.8) is 0 Å². The molecule has 0 aliphatic carbocycles. The Bertz CT molecular complexity index is 428. The minimum atomic E-state index is -0.278. The van der Waals surface area contributed by atoms with E-state index in [9.17, 15) is 10.4 Å². The fourth-order valence-corrected chi connectivity index (χ4v) is 2.45. The van der Waals surface area contributed by atoms with Gasteiger partial charge in [-0.05, 0) is 31.5 Å². The van der Waals surface area contributed by atoms with Crippen molar-refractivity contribution in [2.75, 3.05) is 13.1 Å². The van der Waals surface area contributed by atoms with Crippen LogP contribution in [0.3, 0.4) is 0 Å².